The van der Waals surface area contributed by atoms with Crippen LogP contribution in [0, 0.1) is 16.7 Å². The van der Waals surface area contributed by atoms with Crippen molar-refractivity contribution in [2.75, 3.05) is 14.1 Å². The summed E-state index contributed by atoms with van der Waals surface area (Å²) in [4.78, 5) is 54.0. The van der Waals surface area contributed by atoms with E-state index < -0.39 is 83.1 Å². The number of hydrogen-bond donors (Lipinski definition) is 3. The van der Waals surface area contributed by atoms with Crippen LogP contribution in [-0.4, -0.2) is 94.6 Å². The first kappa shape index (κ1) is 35.5. The summed E-state index contributed by atoms with van der Waals surface area (Å²) in [5, 5.41) is 34.4. The van der Waals surface area contributed by atoms with Crippen LogP contribution in [-0.2, 0) is 33.4 Å². The fourth-order valence-electron chi connectivity index (χ4n) is 7.67. The van der Waals surface area contributed by atoms with Crippen LogP contribution in [0.2, 0.25) is 0 Å². The first-order valence-corrected chi connectivity index (χ1v) is 15.7. The van der Waals surface area contributed by atoms with E-state index >= 15 is 0 Å². The lowest BCUT2D eigenvalue weighted by atomic mass is 9.57. The van der Waals surface area contributed by atoms with Crippen molar-refractivity contribution in [1.82, 2.24) is 4.90 Å². The third-order valence-electron chi connectivity index (χ3n) is 10.1. The minimum Gasteiger partial charge on any atom is -0.458 e. The number of ketones is 1. The number of aliphatic hydroxyl groups excluding tert-OH is 3. The van der Waals surface area contributed by atoms with Gasteiger partial charge in [0.05, 0.1) is 17.6 Å². The van der Waals surface area contributed by atoms with Gasteiger partial charge in [0.2, 0.25) is 0 Å². The Labute approximate surface area is 270 Å². The Morgan fingerprint density at radius 2 is 1.54 bits per heavy atom. The summed E-state index contributed by atoms with van der Waals surface area (Å²) >= 11 is 0. The first-order valence-electron chi connectivity index (χ1n) is 15.7. The predicted molar refractivity (Wildman–Crippen MR) is 167 cm³/mol. The monoisotopic (exact) mass is 641 g/mol. The van der Waals surface area contributed by atoms with Gasteiger partial charge in [-0.25, -0.2) is 4.79 Å². The topological polar surface area (TPSA) is 160 Å². The van der Waals surface area contributed by atoms with E-state index in [-0.39, 0.29) is 19.3 Å². The van der Waals surface area contributed by atoms with Crippen LogP contribution in [0.3, 0.4) is 0 Å². The molecule has 46 heavy (non-hydrogen) atoms. The summed E-state index contributed by atoms with van der Waals surface area (Å²) in [6.07, 6.45) is -5.77. The molecule has 11 nitrogen and oxygen atoms in total. The molecule has 0 aliphatic heterocycles. The number of rotatable bonds is 7. The summed E-state index contributed by atoms with van der Waals surface area (Å²) in [5.41, 5.74) is -0.440. The van der Waals surface area contributed by atoms with Crippen LogP contribution in [0.4, 0.5) is 0 Å². The molecule has 4 bridgehead atoms. The van der Waals surface area contributed by atoms with Crippen LogP contribution in [0.5, 0.6) is 0 Å². The number of carbonyl (C=O) groups is 4. The van der Waals surface area contributed by atoms with Crippen LogP contribution < -0.4 is 0 Å². The molecule has 3 N–H and O–H groups in total. The van der Waals surface area contributed by atoms with E-state index in [1.54, 1.807) is 63.2 Å². The van der Waals surface area contributed by atoms with Gasteiger partial charge in [0, 0.05) is 26.2 Å². The molecule has 0 radical (unpaired) electrons. The van der Waals surface area contributed by atoms with Crippen LogP contribution in [0.1, 0.15) is 72.4 Å². The summed E-state index contributed by atoms with van der Waals surface area (Å²) < 4.78 is 17.4. The number of benzene rings is 1. The van der Waals surface area contributed by atoms with Crippen molar-refractivity contribution in [3.8, 4) is 0 Å². The highest BCUT2D eigenvalue weighted by Crippen LogP contribution is 2.53. The maximum absolute atomic E-state index is 14.2. The molecule has 0 amide bonds. The molecule has 1 aromatic rings. The van der Waals surface area contributed by atoms with Crippen molar-refractivity contribution < 1.29 is 48.7 Å². The first-order chi connectivity index (χ1) is 21.4. The zero-order valence-corrected chi connectivity index (χ0v) is 27.9. The largest absolute Gasteiger partial charge is 0.458 e. The summed E-state index contributed by atoms with van der Waals surface area (Å²) in [6.45, 7) is 9.47. The molecule has 4 rings (SSSR count). The Balaban J connectivity index is 1.82. The molecular formula is C35H47NO10. The Morgan fingerprint density at radius 3 is 2.11 bits per heavy atom. The number of likely N-dealkylation sites (N-methyl/N-ethyl adjacent to an activating group) is 1. The molecule has 0 spiro atoms. The summed E-state index contributed by atoms with van der Waals surface area (Å²) in [6, 6.07) is 8.28. The number of carbonyl (C=O) groups excluding carboxylic acids is 4. The maximum atomic E-state index is 14.2. The molecule has 1 aromatic carbocycles. The second-order valence-electron chi connectivity index (χ2n) is 13.9. The van der Waals surface area contributed by atoms with Gasteiger partial charge < -0.3 is 29.5 Å². The van der Waals surface area contributed by atoms with Crippen LogP contribution in [0.15, 0.2) is 53.1 Å². The van der Waals surface area contributed by atoms with Gasteiger partial charge in [-0.1, -0.05) is 44.2 Å². The zero-order chi connectivity index (χ0) is 34.3. The van der Waals surface area contributed by atoms with E-state index in [4.69, 9.17) is 14.2 Å². The zero-order valence-electron chi connectivity index (χ0n) is 27.9. The van der Waals surface area contributed by atoms with E-state index in [1.165, 1.54) is 13.8 Å². The van der Waals surface area contributed by atoms with Gasteiger partial charge in [0.25, 0.3) is 0 Å². The van der Waals surface area contributed by atoms with E-state index in [0.29, 0.717) is 22.3 Å². The number of Topliss-reactive ketones (excluding diaryl/α,β-unsaturated/α-hetero) is 1. The molecule has 1 saturated carbocycles. The molecule has 11 heteroatoms. The number of aliphatic hydroxyl groups is 3. The van der Waals surface area contributed by atoms with E-state index in [2.05, 4.69) is 0 Å². The number of hydrogen-bond acceptors (Lipinski definition) is 11. The van der Waals surface area contributed by atoms with Crippen molar-refractivity contribution in [3.05, 3.63) is 58.7 Å². The van der Waals surface area contributed by atoms with Gasteiger partial charge in [-0.3, -0.25) is 19.3 Å². The van der Waals surface area contributed by atoms with Crippen molar-refractivity contribution >= 4 is 23.7 Å². The van der Waals surface area contributed by atoms with E-state index in [9.17, 15) is 34.5 Å². The lowest BCUT2D eigenvalue weighted by Crippen LogP contribution is -2.56. The molecule has 0 saturated heterocycles. The normalized spacial score (nSPS) is 32.2. The molecule has 0 aromatic heterocycles. The Kier molecular flexibility index (Phi) is 10.3. The molecule has 1 fully saturated rings. The van der Waals surface area contributed by atoms with Crippen molar-refractivity contribution in [2.45, 2.75) is 103 Å². The van der Waals surface area contributed by atoms with Gasteiger partial charge in [0.1, 0.15) is 24.4 Å². The van der Waals surface area contributed by atoms with Gasteiger partial charge in [-0.15, -0.1) is 0 Å². The van der Waals surface area contributed by atoms with Gasteiger partial charge in [-0.2, -0.15) is 0 Å². The Bertz CT molecular complexity index is 1420. The fraction of sp³-hybridized carbons (Fsp3) is 0.600. The Hall–Kier alpha value is -3.38. The van der Waals surface area contributed by atoms with Crippen LogP contribution in [0.25, 0.3) is 0 Å². The quantitative estimate of drug-likeness (QED) is 0.228. The standard InChI is InChI=1S/C35H47NO10/c1-18-24(44-19(2)37)15-23-26(45-20(3)38)14-22-17-35(6,32(42)30(40)28(18)34(23,4)5)27(39)16-25(22)46-33(43)31(41)29(36(7)8)21-12-10-9-11-13-21/h9-14,23-27,29-31,39-41H,15-17H2,1-8H3/t23-,24-,25+,26-,27-,29-,30+,31+,35-/m0/s1. The second-order valence-corrected chi connectivity index (χ2v) is 13.9. The number of fused-ring (bicyclic) bond motifs is 4. The molecule has 252 valence electrons. The molecule has 0 heterocycles. The van der Waals surface area contributed by atoms with Gasteiger partial charge in [0.15, 0.2) is 11.9 Å². The Morgan fingerprint density at radius 1 is 0.935 bits per heavy atom. The maximum Gasteiger partial charge on any atom is 0.337 e. The highest BCUT2D eigenvalue weighted by molar-refractivity contribution is 5.92. The summed E-state index contributed by atoms with van der Waals surface area (Å²) in [5.74, 6) is -3.24. The SMILES string of the molecule is CC(=O)O[C@H]1C[C@H]2[C@@H](OC(C)=O)C=C3C[C@](C)(C(=O)[C@H](O)C(=C1C)C2(C)C)[C@@H](O)C[C@H]3OC(=O)[C@H](O)[C@H](c1ccccc1)N(C)C. The van der Waals surface area contributed by atoms with E-state index in [0.717, 1.165) is 0 Å². The molecular weight excluding hydrogens is 594 g/mol. The second kappa shape index (κ2) is 13.4. The van der Waals surface area contributed by atoms with E-state index in [1.807, 2.05) is 19.9 Å². The highest BCUT2D eigenvalue weighted by Gasteiger charge is 2.56. The highest BCUT2D eigenvalue weighted by atomic mass is 16.6. The number of nitrogens with zero attached hydrogens (tertiary/aromatic N) is 1. The smallest absolute Gasteiger partial charge is 0.337 e. The van der Waals surface area contributed by atoms with Crippen LogP contribution >= 0.6 is 0 Å². The third kappa shape index (κ3) is 6.69. The predicted octanol–water partition coefficient (Wildman–Crippen LogP) is 2.82. The lowest BCUT2D eigenvalue weighted by Gasteiger charge is -2.51. The third-order valence-corrected chi connectivity index (χ3v) is 10.1. The van der Waals surface area contributed by atoms with Crippen molar-refractivity contribution in [2.24, 2.45) is 16.7 Å². The minimum atomic E-state index is -1.65. The number of esters is 3. The molecule has 3 aliphatic rings. The molecule has 0 unspecified atom stereocenters. The average molecular weight is 642 g/mol. The van der Waals surface area contributed by atoms with Gasteiger partial charge in [-0.05, 0) is 74.6 Å². The lowest BCUT2D eigenvalue weighted by molar-refractivity contribution is -0.167. The molecule has 3 aliphatic carbocycles. The fourth-order valence-corrected chi connectivity index (χ4v) is 7.67. The van der Waals surface area contributed by atoms with Crippen molar-refractivity contribution in [3.63, 3.8) is 0 Å². The molecule has 9 atom stereocenters. The number of ether oxygens (including phenoxy) is 3. The van der Waals surface area contributed by atoms with Crippen molar-refractivity contribution in [1.29, 1.82) is 0 Å². The summed E-state index contributed by atoms with van der Waals surface area (Å²) in [7, 11) is 3.46. The minimum absolute atomic E-state index is 0.0987. The van der Waals surface area contributed by atoms with Gasteiger partial charge >= 0.3 is 17.9 Å². The average Bonchev–Trinajstić information content (AvgIpc) is 2.95.